The van der Waals surface area contributed by atoms with Gasteiger partial charge in [0, 0.05) is 0 Å². The molecule has 3 rings (SSSR count). The van der Waals surface area contributed by atoms with E-state index in [-0.39, 0.29) is 11.9 Å². The Hall–Kier alpha value is -1.10. The van der Waals surface area contributed by atoms with Crippen LogP contribution in [-0.4, -0.2) is 47.0 Å². The minimum absolute atomic E-state index is 0.0165. The highest BCUT2D eigenvalue weighted by Crippen LogP contribution is 2.33. The minimum atomic E-state index is -0.564. The van der Waals surface area contributed by atoms with Gasteiger partial charge < -0.3 is 5.32 Å². The van der Waals surface area contributed by atoms with Crippen molar-refractivity contribution in [2.75, 3.05) is 19.8 Å². The molecular formula is C14H23N3O2. The fraction of sp³-hybridized carbons (Fsp3) is 0.857. The van der Waals surface area contributed by atoms with Gasteiger partial charge in [-0.2, -0.15) is 0 Å². The van der Waals surface area contributed by atoms with Crippen LogP contribution in [-0.2, 0) is 4.79 Å². The number of carbonyl (C=O) groups is 2. The third-order valence-electron chi connectivity index (χ3n) is 4.74. The van der Waals surface area contributed by atoms with E-state index in [1.54, 1.807) is 0 Å². The van der Waals surface area contributed by atoms with E-state index in [9.17, 15) is 9.59 Å². The van der Waals surface area contributed by atoms with Crippen molar-refractivity contribution in [2.45, 2.75) is 56.9 Å². The average molecular weight is 265 g/mol. The summed E-state index contributed by atoms with van der Waals surface area (Å²) in [7, 11) is 0. The Morgan fingerprint density at radius 1 is 0.947 bits per heavy atom. The lowest BCUT2D eigenvalue weighted by molar-refractivity contribution is -0.134. The number of amides is 3. The Labute approximate surface area is 114 Å². The van der Waals surface area contributed by atoms with Crippen molar-refractivity contribution >= 4 is 11.9 Å². The van der Waals surface area contributed by atoms with Gasteiger partial charge >= 0.3 is 6.03 Å². The molecular weight excluding hydrogens is 242 g/mol. The maximum Gasteiger partial charge on any atom is 0.326 e. The number of rotatable bonds is 2. The molecule has 3 amide bonds. The summed E-state index contributed by atoms with van der Waals surface area (Å²) in [5.41, 5.74) is -0.564. The van der Waals surface area contributed by atoms with E-state index in [2.05, 4.69) is 10.2 Å². The first-order chi connectivity index (χ1) is 9.21. The largest absolute Gasteiger partial charge is 0.326 e. The summed E-state index contributed by atoms with van der Waals surface area (Å²) in [6.45, 7) is 2.49. The zero-order valence-corrected chi connectivity index (χ0v) is 11.5. The van der Waals surface area contributed by atoms with Crippen LogP contribution in [0.25, 0.3) is 0 Å². The molecule has 1 aliphatic carbocycles. The molecule has 2 heterocycles. The molecule has 1 N–H and O–H groups in total. The van der Waals surface area contributed by atoms with Gasteiger partial charge in [-0.25, -0.2) is 9.69 Å². The SMILES string of the molecule is O=C1NC2(CCCCC2)C(=O)N1CN1CCCCC1. The molecule has 1 spiro atoms. The molecule has 5 nitrogen and oxygen atoms in total. The summed E-state index contributed by atoms with van der Waals surface area (Å²) in [4.78, 5) is 28.3. The van der Waals surface area contributed by atoms with Crippen LogP contribution in [0.3, 0.4) is 0 Å². The smallest absolute Gasteiger partial charge is 0.323 e. The minimum Gasteiger partial charge on any atom is -0.323 e. The highest BCUT2D eigenvalue weighted by atomic mass is 16.2. The molecule has 0 aromatic carbocycles. The van der Waals surface area contributed by atoms with E-state index < -0.39 is 5.54 Å². The van der Waals surface area contributed by atoms with Gasteiger partial charge in [-0.15, -0.1) is 0 Å². The van der Waals surface area contributed by atoms with Gasteiger partial charge in [-0.3, -0.25) is 9.69 Å². The molecule has 3 fully saturated rings. The van der Waals surface area contributed by atoms with Crippen LogP contribution in [0.5, 0.6) is 0 Å². The maximum absolute atomic E-state index is 12.6. The molecule has 19 heavy (non-hydrogen) atoms. The monoisotopic (exact) mass is 265 g/mol. The van der Waals surface area contributed by atoms with E-state index in [1.165, 1.54) is 30.6 Å². The van der Waals surface area contributed by atoms with Gasteiger partial charge in [0.15, 0.2) is 0 Å². The zero-order chi connectivity index (χ0) is 13.3. The molecule has 0 atom stereocenters. The first-order valence-electron chi connectivity index (χ1n) is 7.58. The number of nitrogens with zero attached hydrogens (tertiary/aromatic N) is 2. The highest BCUT2D eigenvalue weighted by Gasteiger charge is 2.51. The van der Waals surface area contributed by atoms with Crippen LogP contribution in [0.2, 0.25) is 0 Å². The van der Waals surface area contributed by atoms with Gasteiger partial charge in [0.25, 0.3) is 5.91 Å². The first kappa shape index (κ1) is 12.9. The Morgan fingerprint density at radius 2 is 1.58 bits per heavy atom. The van der Waals surface area contributed by atoms with Gasteiger partial charge in [-0.05, 0) is 38.8 Å². The summed E-state index contributed by atoms with van der Waals surface area (Å²) in [6.07, 6.45) is 8.51. The third kappa shape index (κ3) is 2.36. The summed E-state index contributed by atoms with van der Waals surface area (Å²) >= 11 is 0. The predicted molar refractivity (Wildman–Crippen MR) is 71.5 cm³/mol. The third-order valence-corrected chi connectivity index (χ3v) is 4.74. The second-order valence-electron chi connectivity index (χ2n) is 6.13. The Bertz CT molecular complexity index is 371. The Balaban J connectivity index is 1.68. The van der Waals surface area contributed by atoms with Crippen molar-refractivity contribution in [3.63, 3.8) is 0 Å². The molecule has 5 heteroatoms. The number of hydrogen-bond donors (Lipinski definition) is 1. The molecule has 2 aliphatic heterocycles. The zero-order valence-electron chi connectivity index (χ0n) is 11.5. The number of carbonyl (C=O) groups excluding carboxylic acids is 2. The summed E-state index contributed by atoms with van der Waals surface area (Å²) in [5.74, 6) is 0.0165. The number of likely N-dealkylation sites (tertiary alicyclic amines) is 1. The van der Waals surface area contributed by atoms with Gasteiger partial charge in [0.1, 0.15) is 5.54 Å². The van der Waals surface area contributed by atoms with E-state index in [0.29, 0.717) is 6.67 Å². The predicted octanol–water partition coefficient (Wildman–Crippen LogP) is 1.68. The number of nitrogens with one attached hydrogen (secondary N) is 1. The normalized spacial score (nSPS) is 27.9. The summed E-state index contributed by atoms with van der Waals surface area (Å²) < 4.78 is 0. The van der Waals surface area contributed by atoms with Crippen molar-refractivity contribution < 1.29 is 9.59 Å². The topological polar surface area (TPSA) is 52.7 Å². The second kappa shape index (κ2) is 5.12. The lowest BCUT2D eigenvalue weighted by Gasteiger charge is -2.32. The van der Waals surface area contributed by atoms with Crippen LogP contribution in [0, 0.1) is 0 Å². The van der Waals surface area contributed by atoms with Gasteiger partial charge in [0.05, 0.1) is 6.67 Å². The maximum atomic E-state index is 12.6. The van der Waals surface area contributed by atoms with Crippen LogP contribution in [0.15, 0.2) is 0 Å². The fourth-order valence-corrected chi connectivity index (χ4v) is 3.60. The van der Waals surface area contributed by atoms with Crippen molar-refractivity contribution in [1.82, 2.24) is 15.1 Å². The summed E-state index contributed by atoms with van der Waals surface area (Å²) in [5, 5.41) is 2.97. The molecule has 3 aliphatic rings. The molecule has 1 saturated carbocycles. The quantitative estimate of drug-likeness (QED) is 0.773. The molecule has 2 saturated heterocycles. The van der Waals surface area contributed by atoms with Crippen molar-refractivity contribution in [3.8, 4) is 0 Å². The van der Waals surface area contributed by atoms with Crippen LogP contribution >= 0.6 is 0 Å². The van der Waals surface area contributed by atoms with Crippen LogP contribution in [0.4, 0.5) is 4.79 Å². The number of hydrogen-bond acceptors (Lipinski definition) is 3. The molecule has 0 unspecified atom stereocenters. The second-order valence-corrected chi connectivity index (χ2v) is 6.13. The fourth-order valence-electron chi connectivity index (χ4n) is 3.60. The Morgan fingerprint density at radius 3 is 2.26 bits per heavy atom. The standard InChI is InChI=1S/C14H23N3O2/c18-12-14(7-3-1-4-8-14)15-13(19)17(12)11-16-9-5-2-6-10-16/h1-11H2,(H,15,19). The van der Waals surface area contributed by atoms with Crippen molar-refractivity contribution in [2.24, 2.45) is 0 Å². The van der Waals surface area contributed by atoms with E-state index >= 15 is 0 Å². The van der Waals surface area contributed by atoms with Crippen LogP contribution in [0.1, 0.15) is 51.4 Å². The average Bonchev–Trinajstić information content (AvgIpc) is 2.66. The molecule has 0 bridgehead atoms. The molecule has 106 valence electrons. The van der Waals surface area contributed by atoms with Crippen molar-refractivity contribution in [1.29, 1.82) is 0 Å². The number of piperidine rings is 1. The van der Waals surface area contributed by atoms with Gasteiger partial charge in [-0.1, -0.05) is 25.7 Å². The van der Waals surface area contributed by atoms with Crippen LogP contribution < -0.4 is 5.32 Å². The van der Waals surface area contributed by atoms with E-state index in [4.69, 9.17) is 0 Å². The Kier molecular flexibility index (Phi) is 3.48. The number of imide groups is 1. The summed E-state index contributed by atoms with van der Waals surface area (Å²) in [6, 6.07) is -0.183. The molecule has 0 aromatic heterocycles. The van der Waals surface area contributed by atoms with Gasteiger partial charge in [0.2, 0.25) is 0 Å². The van der Waals surface area contributed by atoms with E-state index in [1.807, 2.05) is 0 Å². The first-order valence-corrected chi connectivity index (χ1v) is 7.58. The molecule has 0 aromatic rings. The lowest BCUT2D eigenvalue weighted by atomic mass is 9.82. The van der Waals surface area contributed by atoms with E-state index in [0.717, 1.165) is 38.8 Å². The van der Waals surface area contributed by atoms with Crippen molar-refractivity contribution in [3.05, 3.63) is 0 Å². The highest BCUT2D eigenvalue weighted by molar-refractivity contribution is 6.07. The number of urea groups is 1. The molecule has 0 radical (unpaired) electrons. The lowest BCUT2D eigenvalue weighted by Crippen LogP contribution is -2.49.